The van der Waals surface area contributed by atoms with Crippen molar-refractivity contribution in [3.8, 4) is 0 Å². The van der Waals surface area contributed by atoms with Gasteiger partial charge in [0.2, 0.25) is 0 Å². The van der Waals surface area contributed by atoms with E-state index in [1.54, 1.807) is 0 Å². The van der Waals surface area contributed by atoms with E-state index in [9.17, 15) is 4.79 Å². The number of aromatic nitrogens is 2. The van der Waals surface area contributed by atoms with Gasteiger partial charge in [-0.3, -0.25) is 0 Å². The molecule has 0 aliphatic carbocycles. The summed E-state index contributed by atoms with van der Waals surface area (Å²) in [5, 5.41) is 12.5. The van der Waals surface area contributed by atoms with Crippen molar-refractivity contribution in [1.82, 2.24) is 9.97 Å². The predicted molar refractivity (Wildman–Crippen MR) is 63.0 cm³/mol. The van der Waals surface area contributed by atoms with Gasteiger partial charge in [0.25, 0.3) is 0 Å². The average molecular weight is 239 g/mol. The number of nitrogens with zero attached hydrogens (tertiary/aromatic N) is 2. The van der Waals surface area contributed by atoms with Crippen LogP contribution in [0, 0.1) is 0 Å². The van der Waals surface area contributed by atoms with Gasteiger partial charge in [-0.05, 0) is 18.6 Å². The van der Waals surface area contributed by atoms with Crippen molar-refractivity contribution < 1.29 is 9.90 Å². The van der Waals surface area contributed by atoms with Crippen LogP contribution < -0.4 is 5.32 Å². The van der Waals surface area contributed by atoms with E-state index < -0.39 is 5.97 Å². The molecule has 1 aliphatic rings. The van der Waals surface area contributed by atoms with Crippen molar-refractivity contribution in [2.45, 2.75) is 18.1 Å². The average Bonchev–Trinajstić information content (AvgIpc) is 2.79. The first kappa shape index (κ1) is 11.2. The lowest BCUT2D eigenvalue weighted by Crippen LogP contribution is -2.17. The summed E-state index contributed by atoms with van der Waals surface area (Å²) in [7, 11) is 0. The molecular formula is C10H13N3O2S. The van der Waals surface area contributed by atoms with E-state index in [1.807, 2.05) is 11.8 Å². The van der Waals surface area contributed by atoms with Crippen molar-refractivity contribution >= 4 is 23.5 Å². The molecule has 86 valence electrons. The van der Waals surface area contributed by atoms with Gasteiger partial charge in [0.1, 0.15) is 0 Å². The Hall–Kier alpha value is -1.30. The number of aromatic carboxylic acids is 1. The summed E-state index contributed by atoms with van der Waals surface area (Å²) in [6, 6.07) is 0. The van der Waals surface area contributed by atoms with Crippen molar-refractivity contribution in [2.24, 2.45) is 0 Å². The molecule has 1 aromatic rings. The Morgan fingerprint density at radius 2 is 2.38 bits per heavy atom. The van der Waals surface area contributed by atoms with Crippen LogP contribution in [0.15, 0.2) is 12.4 Å². The third kappa shape index (κ3) is 2.63. The van der Waals surface area contributed by atoms with Gasteiger partial charge in [-0.1, -0.05) is 0 Å². The number of carbonyl (C=O) groups is 1. The molecule has 16 heavy (non-hydrogen) atoms. The lowest BCUT2D eigenvalue weighted by Gasteiger charge is -2.11. The van der Waals surface area contributed by atoms with Crippen LogP contribution in [-0.2, 0) is 0 Å². The van der Waals surface area contributed by atoms with E-state index in [1.165, 1.54) is 31.0 Å². The van der Waals surface area contributed by atoms with E-state index in [2.05, 4.69) is 15.3 Å². The quantitative estimate of drug-likeness (QED) is 0.829. The van der Waals surface area contributed by atoms with Crippen LogP contribution >= 0.6 is 11.8 Å². The molecule has 0 spiro atoms. The lowest BCUT2D eigenvalue weighted by atomic mass is 10.2. The minimum absolute atomic E-state index is 0.00880. The number of carboxylic acid groups (broad SMARTS) is 1. The van der Waals surface area contributed by atoms with E-state index in [0.717, 1.165) is 6.54 Å². The number of rotatable bonds is 4. The molecule has 1 saturated heterocycles. The van der Waals surface area contributed by atoms with E-state index in [4.69, 9.17) is 5.11 Å². The van der Waals surface area contributed by atoms with Gasteiger partial charge in [-0.15, -0.1) is 0 Å². The minimum Gasteiger partial charge on any atom is -0.476 e. The van der Waals surface area contributed by atoms with Gasteiger partial charge in [-0.2, -0.15) is 11.8 Å². The zero-order valence-corrected chi connectivity index (χ0v) is 9.54. The minimum atomic E-state index is -1.05. The normalized spacial score (nSPS) is 19.6. The standard InChI is InChI=1S/C10H13N3O2S/c14-10(15)8-9(12-4-3-11-8)13-6-7-2-1-5-16-7/h3-4,7H,1-2,5-6H2,(H,12,13)(H,14,15). The van der Waals surface area contributed by atoms with Crippen molar-refractivity contribution in [3.05, 3.63) is 18.1 Å². The molecule has 1 atom stereocenters. The Balaban J connectivity index is 2.00. The summed E-state index contributed by atoms with van der Waals surface area (Å²) in [6.45, 7) is 0.754. The maximum absolute atomic E-state index is 10.9. The Morgan fingerprint density at radius 3 is 3.06 bits per heavy atom. The topological polar surface area (TPSA) is 75.1 Å². The summed E-state index contributed by atoms with van der Waals surface area (Å²) < 4.78 is 0. The molecule has 0 radical (unpaired) electrons. The van der Waals surface area contributed by atoms with Crippen LogP contribution in [0.1, 0.15) is 23.3 Å². The van der Waals surface area contributed by atoms with E-state index >= 15 is 0 Å². The number of thioether (sulfide) groups is 1. The molecule has 6 heteroatoms. The number of carboxylic acids is 1. The molecule has 0 aromatic carbocycles. The monoisotopic (exact) mass is 239 g/mol. The molecule has 2 rings (SSSR count). The van der Waals surface area contributed by atoms with Crippen LogP contribution in [-0.4, -0.2) is 38.6 Å². The Kier molecular flexibility index (Phi) is 3.61. The molecule has 5 nitrogen and oxygen atoms in total. The number of nitrogens with one attached hydrogen (secondary N) is 1. The van der Waals surface area contributed by atoms with Gasteiger partial charge in [0, 0.05) is 24.2 Å². The number of hydrogen-bond donors (Lipinski definition) is 2. The first-order valence-electron chi connectivity index (χ1n) is 5.17. The number of anilines is 1. The van der Waals surface area contributed by atoms with Gasteiger partial charge < -0.3 is 10.4 Å². The Bertz CT molecular complexity index is 380. The zero-order chi connectivity index (χ0) is 11.4. The first-order valence-corrected chi connectivity index (χ1v) is 6.22. The SMILES string of the molecule is O=C(O)c1nccnc1NCC1CCCS1. The largest absolute Gasteiger partial charge is 0.476 e. The highest BCUT2D eigenvalue weighted by Crippen LogP contribution is 2.26. The van der Waals surface area contributed by atoms with Gasteiger partial charge >= 0.3 is 5.97 Å². The summed E-state index contributed by atoms with van der Waals surface area (Å²) >= 11 is 1.92. The van der Waals surface area contributed by atoms with E-state index in [0.29, 0.717) is 11.1 Å². The third-order valence-electron chi connectivity index (χ3n) is 2.42. The summed E-state index contributed by atoms with van der Waals surface area (Å²) in [4.78, 5) is 18.7. The molecular weight excluding hydrogens is 226 g/mol. The lowest BCUT2D eigenvalue weighted by molar-refractivity contribution is 0.0691. The highest BCUT2D eigenvalue weighted by atomic mass is 32.2. The molecule has 1 aromatic heterocycles. The van der Waals surface area contributed by atoms with Crippen LogP contribution in [0.3, 0.4) is 0 Å². The summed E-state index contributed by atoms with van der Waals surface area (Å²) in [5.41, 5.74) is -0.00880. The molecule has 1 unspecified atom stereocenters. The third-order valence-corrected chi connectivity index (χ3v) is 3.82. The second-order valence-electron chi connectivity index (χ2n) is 3.57. The molecule has 0 saturated carbocycles. The van der Waals surface area contributed by atoms with Crippen molar-refractivity contribution in [1.29, 1.82) is 0 Å². The fraction of sp³-hybridized carbons (Fsp3) is 0.500. The molecule has 1 aliphatic heterocycles. The Morgan fingerprint density at radius 1 is 1.56 bits per heavy atom. The fourth-order valence-corrected chi connectivity index (χ4v) is 2.84. The first-order chi connectivity index (χ1) is 7.77. The Labute approximate surface area is 97.7 Å². The van der Waals surface area contributed by atoms with Crippen LogP contribution in [0.4, 0.5) is 5.82 Å². The van der Waals surface area contributed by atoms with Gasteiger partial charge in [0.05, 0.1) is 0 Å². The van der Waals surface area contributed by atoms with Gasteiger partial charge in [0.15, 0.2) is 11.5 Å². The summed E-state index contributed by atoms with van der Waals surface area (Å²) in [6.07, 6.45) is 5.30. The maximum Gasteiger partial charge on any atom is 0.358 e. The van der Waals surface area contributed by atoms with Crippen LogP contribution in [0.25, 0.3) is 0 Å². The highest BCUT2D eigenvalue weighted by molar-refractivity contribution is 8.00. The van der Waals surface area contributed by atoms with Crippen LogP contribution in [0.5, 0.6) is 0 Å². The molecule has 0 amide bonds. The molecule has 0 bridgehead atoms. The van der Waals surface area contributed by atoms with Gasteiger partial charge in [-0.25, -0.2) is 14.8 Å². The van der Waals surface area contributed by atoms with Crippen LogP contribution in [0.2, 0.25) is 0 Å². The molecule has 2 N–H and O–H groups in total. The van der Waals surface area contributed by atoms with E-state index in [-0.39, 0.29) is 5.69 Å². The highest BCUT2D eigenvalue weighted by Gasteiger charge is 2.17. The molecule has 1 fully saturated rings. The van der Waals surface area contributed by atoms with Crippen molar-refractivity contribution in [2.75, 3.05) is 17.6 Å². The summed E-state index contributed by atoms with van der Waals surface area (Å²) in [5.74, 6) is 0.510. The van der Waals surface area contributed by atoms with Crippen molar-refractivity contribution in [3.63, 3.8) is 0 Å². The fourth-order valence-electron chi connectivity index (χ4n) is 1.64. The zero-order valence-electron chi connectivity index (χ0n) is 8.72. The maximum atomic E-state index is 10.9. The second kappa shape index (κ2) is 5.16. The predicted octanol–water partition coefficient (Wildman–Crippen LogP) is 1.48. The second-order valence-corrected chi connectivity index (χ2v) is 4.98. The molecule has 2 heterocycles. The number of hydrogen-bond acceptors (Lipinski definition) is 5. The smallest absolute Gasteiger partial charge is 0.358 e.